The lowest BCUT2D eigenvalue weighted by atomic mass is 10.1. The molecule has 0 atom stereocenters. The van der Waals surface area contributed by atoms with Gasteiger partial charge < -0.3 is 30.2 Å². The molecule has 3 aromatic rings. The number of hydrogen-bond acceptors (Lipinski definition) is 7. The number of hydrogen-bond donors (Lipinski definition) is 3. The summed E-state index contributed by atoms with van der Waals surface area (Å²) in [6.45, 7) is 6.84. The molecule has 3 amide bonds. The van der Waals surface area contributed by atoms with Crippen molar-refractivity contribution in [1.82, 2.24) is 20.5 Å². The lowest BCUT2D eigenvalue weighted by Gasteiger charge is -2.26. The minimum atomic E-state index is -4.73. The molecule has 2 aromatic carbocycles. The van der Waals surface area contributed by atoms with Gasteiger partial charge in [0.15, 0.2) is 0 Å². The number of anilines is 1. The molecule has 43 heavy (non-hydrogen) atoms. The number of pyridine rings is 1. The maximum Gasteiger partial charge on any atom is 0.417 e. The van der Waals surface area contributed by atoms with Gasteiger partial charge >= 0.3 is 12.2 Å². The summed E-state index contributed by atoms with van der Waals surface area (Å²) in [5, 5.41) is 6.95. The molecule has 3 N–H and O–H groups in total. The molecule has 2 heterocycles. The van der Waals surface area contributed by atoms with Crippen LogP contribution in [-0.4, -0.2) is 61.3 Å². The van der Waals surface area contributed by atoms with E-state index in [9.17, 15) is 22.8 Å². The monoisotopic (exact) mass is 619 g/mol. The van der Waals surface area contributed by atoms with Crippen LogP contribution in [0.3, 0.4) is 0 Å². The maximum atomic E-state index is 13.5. The van der Waals surface area contributed by atoms with Crippen LogP contribution in [0.25, 0.3) is 0 Å². The first-order valence-electron chi connectivity index (χ1n) is 13.2. The highest BCUT2D eigenvalue weighted by Gasteiger charge is 2.34. The van der Waals surface area contributed by atoms with E-state index < -0.39 is 28.7 Å². The number of alkyl halides is 3. The summed E-state index contributed by atoms with van der Waals surface area (Å²) in [4.78, 5) is 30.7. The van der Waals surface area contributed by atoms with Crippen molar-refractivity contribution >= 4 is 29.2 Å². The summed E-state index contributed by atoms with van der Waals surface area (Å²) in [6.07, 6.45) is -2.04. The van der Waals surface area contributed by atoms with Crippen molar-refractivity contribution in [3.8, 4) is 17.2 Å². The predicted molar refractivity (Wildman–Crippen MR) is 153 cm³/mol. The van der Waals surface area contributed by atoms with Crippen molar-refractivity contribution in [3.05, 3.63) is 89.4 Å². The van der Waals surface area contributed by atoms with E-state index in [-0.39, 0.29) is 30.3 Å². The highest BCUT2D eigenvalue weighted by molar-refractivity contribution is 6.31. The molecule has 1 aromatic heterocycles. The second-order valence-corrected chi connectivity index (χ2v) is 9.64. The number of rotatable bonds is 11. The second-order valence-electron chi connectivity index (χ2n) is 9.24. The zero-order valence-corrected chi connectivity index (χ0v) is 23.6. The topological polar surface area (TPSA) is 114 Å². The molecule has 1 aliphatic heterocycles. The fraction of sp³-hybridized carbons (Fsp3) is 0.276. The molecule has 0 saturated carbocycles. The van der Waals surface area contributed by atoms with E-state index in [2.05, 4.69) is 32.4 Å². The lowest BCUT2D eigenvalue weighted by Crippen LogP contribution is -2.38. The number of ether oxygens (including phenoxy) is 3. The number of carbonyl (C=O) groups excluding carboxylic acids is 2. The number of amides is 3. The Balaban J connectivity index is 1.36. The average molecular weight is 620 g/mol. The molecule has 14 heteroatoms. The largest absolute Gasteiger partial charge is 0.490 e. The van der Waals surface area contributed by atoms with Crippen LogP contribution in [0.4, 0.5) is 23.7 Å². The van der Waals surface area contributed by atoms with Gasteiger partial charge in [-0.05, 0) is 36.0 Å². The van der Waals surface area contributed by atoms with Gasteiger partial charge in [0.2, 0.25) is 0 Å². The first-order valence-corrected chi connectivity index (χ1v) is 13.5. The van der Waals surface area contributed by atoms with E-state index in [0.29, 0.717) is 36.8 Å². The smallest absolute Gasteiger partial charge is 0.417 e. The van der Waals surface area contributed by atoms with Crippen LogP contribution in [0.15, 0.2) is 67.5 Å². The van der Waals surface area contributed by atoms with E-state index >= 15 is 0 Å². The van der Waals surface area contributed by atoms with Crippen LogP contribution in [0, 0.1) is 0 Å². The SMILES string of the molecule is C=CNC(=O)c1cc(Oc2ccc(CNC(=O)Nc3cc(C(F)(F)F)c(Cl)cc3OCCN3CCOCC3)cc2)ccn1. The van der Waals surface area contributed by atoms with Crippen LogP contribution in [0.1, 0.15) is 21.6 Å². The number of nitrogens with one attached hydrogen (secondary N) is 3. The first-order chi connectivity index (χ1) is 20.6. The minimum Gasteiger partial charge on any atom is -0.490 e. The highest BCUT2D eigenvalue weighted by Crippen LogP contribution is 2.40. The third-order valence-corrected chi connectivity index (χ3v) is 6.51. The summed E-state index contributed by atoms with van der Waals surface area (Å²) in [5.74, 6) is 0.442. The lowest BCUT2D eigenvalue weighted by molar-refractivity contribution is -0.137. The first kappa shape index (κ1) is 31.6. The van der Waals surface area contributed by atoms with Gasteiger partial charge in [0.1, 0.15) is 29.5 Å². The van der Waals surface area contributed by atoms with Gasteiger partial charge in [-0.1, -0.05) is 30.3 Å². The Morgan fingerprint density at radius 2 is 1.84 bits per heavy atom. The predicted octanol–water partition coefficient (Wildman–Crippen LogP) is 5.45. The summed E-state index contributed by atoms with van der Waals surface area (Å²) in [5.41, 5.74) is -0.419. The number of halogens is 4. The van der Waals surface area contributed by atoms with E-state index in [0.717, 1.165) is 25.2 Å². The summed E-state index contributed by atoms with van der Waals surface area (Å²) in [7, 11) is 0. The fourth-order valence-electron chi connectivity index (χ4n) is 4.02. The molecule has 10 nitrogen and oxygen atoms in total. The molecule has 0 bridgehead atoms. The van der Waals surface area contributed by atoms with Gasteiger partial charge in [-0.3, -0.25) is 14.7 Å². The van der Waals surface area contributed by atoms with Gasteiger partial charge in [-0.15, -0.1) is 0 Å². The Bertz CT molecular complexity index is 1430. The number of urea groups is 1. The van der Waals surface area contributed by atoms with E-state index in [4.69, 9.17) is 25.8 Å². The molecule has 0 aliphatic carbocycles. The quantitative estimate of drug-likeness (QED) is 0.261. The minimum absolute atomic E-state index is 0.0177. The number of benzene rings is 2. The van der Waals surface area contributed by atoms with Gasteiger partial charge in [-0.2, -0.15) is 13.2 Å². The van der Waals surface area contributed by atoms with Crippen molar-refractivity contribution in [3.63, 3.8) is 0 Å². The normalized spacial score (nSPS) is 13.6. The molecule has 0 spiro atoms. The zero-order valence-electron chi connectivity index (χ0n) is 22.9. The Kier molecular flexibility index (Phi) is 10.8. The summed E-state index contributed by atoms with van der Waals surface area (Å²) < 4.78 is 57.3. The standard InChI is InChI=1S/C29H29ClF3N5O5/c1-2-34-27(39)25-15-21(7-8-35-25)43-20-5-3-19(4-6-20)18-36-28(40)37-24-16-22(29(31,32)33)23(30)17-26(24)42-14-11-38-9-12-41-13-10-38/h2-8,15-17H,1,9-14,18H2,(H,34,39)(H2,36,37,40). The van der Waals surface area contributed by atoms with Crippen LogP contribution < -0.4 is 25.4 Å². The Morgan fingerprint density at radius 1 is 1.09 bits per heavy atom. The van der Waals surface area contributed by atoms with E-state index in [1.807, 2.05) is 0 Å². The van der Waals surface area contributed by atoms with Crippen LogP contribution in [0.2, 0.25) is 5.02 Å². The zero-order chi connectivity index (χ0) is 30.8. The number of aromatic nitrogens is 1. The molecule has 1 aliphatic rings. The van der Waals surface area contributed by atoms with Gasteiger partial charge in [0.25, 0.3) is 5.91 Å². The van der Waals surface area contributed by atoms with Crippen molar-refractivity contribution in [1.29, 1.82) is 0 Å². The van der Waals surface area contributed by atoms with Gasteiger partial charge in [-0.25, -0.2) is 4.79 Å². The van der Waals surface area contributed by atoms with E-state index in [1.54, 1.807) is 30.3 Å². The van der Waals surface area contributed by atoms with Crippen LogP contribution in [-0.2, 0) is 17.5 Å². The Labute approximate surface area is 250 Å². The van der Waals surface area contributed by atoms with Gasteiger partial charge in [0, 0.05) is 44.5 Å². The molecule has 4 rings (SSSR count). The summed E-state index contributed by atoms with van der Waals surface area (Å²) in [6, 6.07) is 10.8. The Morgan fingerprint density at radius 3 is 2.53 bits per heavy atom. The number of morpholine rings is 1. The third kappa shape index (κ3) is 9.33. The molecule has 0 radical (unpaired) electrons. The van der Waals surface area contributed by atoms with Crippen LogP contribution in [0.5, 0.6) is 17.2 Å². The third-order valence-electron chi connectivity index (χ3n) is 6.20. The molecule has 1 fully saturated rings. The molecule has 0 unspecified atom stereocenters. The van der Waals surface area contributed by atoms with Crippen molar-refractivity contribution in [2.24, 2.45) is 0 Å². The highest BCUT2D eigenvalue weighted by atomic mass is 35.5. The van der Waals surface area contributed by atoms with Crippen LogP contribution >= 0.6 is 11.6 Å². The summed E-state index contributed by atoms with van der Waals surface area (Å²) >= 11 is 5.90. The van der Waals surface area contributed by atoms with E-state index in [1.165, 1.54) is 18.5 Å². The van der Waals surface area contributed by atoms with Crippen molar-refractivity contribution in [2.45, 2.75) is 12.7 Å². The fourth-order valence-corrected chi connectivity index (χ4v) is 4.29. The molecular weight excluding hydrogens is 591 g/mol. The Hall–Kier alpha value is -4.33. The molecule has 228 valence electrons. The second kappa shape index (κ2) is 14.7. The average Bonchev–Trinajstić information content (AvgIpc) is 2.98. The van der Waals surface area contributed by atoms with Gasteiger partial charge in [0.05, 0.1) is 29.5 Å². The molecular formula is C29H29ClF3N5O5. The molecule has 1 saturated heterocycles. The number of nitrogens with zero attached hydrogens (tertiary/aromatic N) is 2. The number of carbonyl (C=O) groups is 2. The van der Waals surface area contributed by atoms with Crippen molar-refractivity contribution in [2.75, 3.05) is 44.8 Å². The maximum absolute atomic E-state index is 13.5. The van der Waals surface area contributed by atoms with Crippen molar-refractivity contribution < 1.29 is 37.0 Å².